The lowest BCUT2D eigenvalue weighted by Crippen LogP contribution is -2.04. The molecule has 1 N–H and O–H groups in total. The van der Waals surface area contributed by atoms with Gasteiger partial charge in [0.2, 0.25) is 5.95 Å². The van der Waals surface area contributed by atoms with Gasteiger partial charge in [0, 0.05) is 17.3 Å². The number of aromatic nitrogens is 3. The Morgan fingerprint density at radius 1 is 1.14 bits per heavy atom. The number of nitrogens with one attached hydrogen (secondary N) is 1. The van der Waals surface area contributed by atoms with E-state index in [9.17, 15) is 4.79 Å². The second-order valence-corrected chi connectivity index (χ2v) is 7.14. The van der Waals surface area contributed by atoms with E-state index in [2.05, 4.69) is 36.3 Å². The lowest BCUT2D eigenvalue weighted by Gasteiger charge is -2.12. The molecule has 2 aromatic carbocycles. The van der Waals surface area contributed by atoms with Gasteiger partial charge in [0.25, 0.3) is 0 Å². The first-order valence-electron chi connectivity index (χ1n) is 9.21. The van der Waals surface area contributed by atoms with Crippen LogP contribution >= 0.6 is 0 Å². The second kappa shape index (κ2) is 6.96. The lowest BCUT2D eigenvalue weighted by atomic mass is 10.0. The van der Waals surface area contributed by atoms with Crippen molar-refractivity contribution in [3.8, 4) is 0 Å². The van der Waals surface area contributed by atoms with Gasteiger partial charge in [-0.15, -0.1) is 0 Å². The highest BCUT2D eigenvalue weighted by Crippen LogP contribution is 2.26. The molecule has 0 aliphatic carbocycles. The molecule has 2 aromatic heterocycles. The maximum atomic E-state index is 11.9. The molecular weight excluding hydrogens is 352 g/mol. The Kier molecular flexibility index (Phi) is 4.47. The van der Waals surface area contributed by atoms with E-state index in [4.69, 9.17) is 9.72 Å². The van der Waals surface area contributed by atoms with Gasteiger partial charge in [-0.25, -0.2) is 14.8 Å². The molecule has 4 aromatic rings. The summed E-state index contributed by atoms with van der Waals surface area (Å²) in [5.74, 6) is 0.692. The molecule has 28 heavy (non-hydrogen) atoms. The predicted molar refractivity (Wildman–Crippen MR) is 110 cm³/mol. The summed E-state index contributed by atoms with van der Waals surface area (Å²) in [5, 5.41) is 4.28. The van der Waals surface area contributed by atoms with Gasteiger partial charge in [0.05, 0.1) is 23.9 Å². The van der Waals surface area contributed by atoms with Crippen molar-refractivity contribution in [2.24, 2.45) is 0 Å². The molecule has 2 heterocycles. The summed E-state index contributed by atoms with van der Waals surface area (Å²) >= 11 is 0. The highest BCUT2D eigenvalue weighted by molar-refractivity contribution is 5.99. The van der Waals surface area contributed by atoms with E-state index in [1.807, 2.05) is 35.7 Å². The Balaban J connectivity index is 1.88. The first-order chi connectivity index (χ1) is 13.5. The molecule has 0 unspecified atom stereocenters. The minimum atomic E-state index is -0.387. The zero-order valence-corrected chi connectivity index (χ0v) is 16.4. The first-order valence-corrected chi connectivity index (χ1v) is 9.21. The number of rotatable bonds is 4. The Morgan fingerprint density at radius 2 is 1.96 bits per heavy atom. The first kappa shape index (κ1) is 18.0. The summed E-state index contributed by atoms with van der Waals surface area (Å²) < 4.78 is 6.78. The van der Waals surface area contributed by atoms with Crippen molar-refractivity contribution >= 4 is 34.2 Å². The summed E-state index contributed by atoms with van der Waals surface area (Å²) in [6, 6.07) is 13.6. The molecule has 0 aliphatic rings. The average Bonchev–Trinajstić information content (AvgIpc) is 3.09. The molecule has 0 spiro atoms. The van der Waals surface area contributed by atoms with Gasteiger partial charge >= 0.3 is 5.97 Å². The third-order valence-corrected chi connectivity index (χ3v) is 4.75. The lowest BCUT2D eigenvalue weighted by molar-refractivity contribution is 0.0601. The van der Waals surface area contributed by atoms with Gasteiger partial charge in [0.1, 0.15) is 5.65 Å². The number of carbonyl (C=O) groups is 1. The number of hydrogen-bond acceptors (Lipinski definition) is 5. The van der Waals surface area contributed by atoms with Crippen LogP contribution in [0, 0.1) is 6.92 Å². The predicted octanol–water partition coefficient (Wildman–Crippen LogP) is 4.84. The summed E-state index contributed by atoms with van der Waals surface area (Å²) in [4.78, 5) is 21.3. The van der Waals surface area contributed by atoms with E-state index in [1.165, 1.54) is 12.7 Å². The van der Waals surface area contributed by atoms with E-state index < -0.39 is 0 Å². The molecule has 0 saturated heterocycles. The molecule has 6 nitrogen and oxygen atoms in total. The van der Waals surface area contributed by atoms with Crippen molar-refractivity contribution < 1.29 is 9.53 Å². The number of methoxy groups -OCH3 is 1. The van der Waals surface area contributed by atoms with Crippen LogP contribution in [0.1, 0.15) is 41.4 Å². The normalized spacial score (nSPS) is 11.3. The number of ether oxygens (including phenoxy) is 1. The van der Waals surface area contributed by atoms with E-state index in [1.54, 1.807) is 12.1 Å². The molecule has 0 aliphatic heterocycles. The zero-order chi connectivity index (χ0) is 19.8. The van der Waals surface area contributed by atoms with Crippen LogP contribution in [-0.2, 0) is 4.74 Å². The maximum absolute atomic E-state index is 11.9. The summed E-state index contributed by atoms with van der Waals surface area (Å²) in [6.45, 7) is 6.28. The Labute approximate surface area is 163 Å². The SMILES string of the molecule is COC(=O)c1ccc2c(c1)nc(Nc1cccc(C(C)C)c1)n1cc(C)nc21. The van der Waals surface area contributed by atoms with Crippen molar-refractivity contribution in [1.29, 1.82) is 0 Å². The topological polar surface area (TPSA) is 68.5 Å². The van der Waals surface area contributed by atoms with E-state index >= 15 is 0 Å². The van der Waals surface area contributed by atoms with Gasteiger partial charge in [-0.1, -0.05) is 26.0 Å². The van der Waals surface area contributed by atoms with E-state index in [0.29, 0.717) is 22.9 Å². The second-order valence-electron chi connectivity index (χ2n) is 7.14. The van der Waals surface area contributed by atoms with Crippen molar-refractivity contribution in [2.75, 3.05) is 12.4 Å². The standard InChI is InChI=1S/C22H22N4O2/c1-13(2)15-6-5-7-17(10-15)24-22-25-19-11-16(21(27)28-4)8-9-18(19)20-23-14(3)12-26(20)22/h5-13H,1-4H3,(H,24,25). The monoisotopic (exact) mass is 374 g/mol. The highest BCUT2D eigenvalue weighted by atomic mass is 16.5. The van der Waals surface area contributed by atoms with Gasteiger partial charge in [0.15, 0.2) is 0 Å². The van der Waals surface area contributed by atoms with Crippen LogP contribution in [0.5, 0.6) is 0 Å². The minimum Gasteiger partial charge on any atom is -0.465 e. The Bertz CT molecular complexity index is 1190. The summed E-state index contributed by atoms with van der Waals surface area (Å²) in [5.41, 5.74) is 5.03. The third-order valence-electron chi connectivity index (χ3n) is 4.75. The average molecular weight is 374 g/mol. The number of fused-ring (bicyclic) bond motifs is 3. The molecule has 142 valence electrons. The van der Waals surface area contributed by atoms with Crippen molar-refractivity contribution in [3.63, 3.8) is 0 Å². The molecular formula is C22H22N4O2. The number of aryl methyl sites for hydroxylation is 1. The van der Waals surface area contributed by atoms with Gasteiger partial charge in [-0.05, 0) is 48.7 Å². The molecule has 0 atom stereocenters. The number of anilines is 2. The largest absolute Gasteiger partial charge is 0.465 e. The van der Waals surface area contributed by atoms with Crippen LogP contribution in [0.4, 0.5) is 11.6 Å². The molecule has 6 heteroatoms. The third kappa shape index (κ3) is 3.17. The van der Waals surface area contributed by atoms with E-state index in [0.717, 1.165) is 22.4 Å². The quantitative estimate of drug-likeness (QED) is 0.518. The fourth-order valence-electron chi connectivity index (χ4n) is 3.27. The fraction of sp³-hybridized carbons (Fsp3) is 0.227. The molecule has 0 bridgehead atoms. The van der Waals surface area contributed by atoms with Crippen molar-refractivity contribution in [1.82, 2.24) is 14.4 Å². The number of nitrogens with zero attached hydrogens (tertiary/aromatic N) is 3. The zero-order valence-electron chi connectivity index (χ0n) is 16.4. The van der Waals surface area contributed by atoms with Crippen LogP contribution in [0.15, 0.2) is 48.7 Å². The van der Waals surface area contributed by atoms with Gasteiger partial charge in [-0.2, -0.15) is 0 Å². The number of benzene rings is 2. The van der Waals surface area contributed by atoms with Gasteiger partial charge in [-0.3, -0.25) is 4.40 Å². The smallest absolute Gasteiger partial charge is 0.337 e. The molecule has 0 radical (unpaired) electrons. The van der Waals surface area contributed by atoms with E-state index in [-0.39, 0.29) is 5.97 Å². The molecule has 0 saturated carbocycles. The molecule has 4 rings (SSSR count). The minimum absolute atomic E-state index is 0.387. The Hall–Kier alpha value is -3.41. The fourth-order valence-corrected chi connectivity index (χ4v) is 3.27. The van der Waals surface area contributed by atoms with Crippen LogP contribution in [0.3, 0.4) is 0 Å². The number of imidazole rings is 1. The number of esters is 1. The molecule has 0 fully saturated rings. The van der Waals surface area contributed by atoms with Crippen LogP contribution in [0.25, 0.3) is 16.6 Å². The van der Waals surface area contributed by atoms with Crippen LogP contribution < -0.4 is 5.32 Å². The van der Waals surface area contributed by atoms with Crippen molar-refractivity contribution in [3.05, 3.63) is 65.5 Å². The summed E-state index contributed by atoms with van der Waals surface area (Å²) in [7, 11) is 1.37. The molecule has 0 amide bonds. The van der Waals surface area contributed by atoms with Crippen molar-refractivity contribution in [2.45, 2.75) is 26.7 Å². The number of hydrogen-bond donors (Lipinski definition) is 1. The number of carbonyl (C=O) groups excluding carboxylic acids is 1. The highest BCUT2D eigenvalue weighted by Gasteiger charge is 2.14. The maximum Gasteiger partial charge on any atom is 0.337 e. The summed E-state index contributed by atoms with van der Waals surface area (Å²) in [6.07, 6.45) is 1.95. The van der Waals surface area contributed by atoms with Crippen LogP contribution in [0.2, 0.25) is 0 Å². The van der Waals surface area contributed by atoms with Crippen LogP contribution in [-0.4, -0.2) is 27.4 Å². The Morgan fingerprint density at radius 3 is 2.71 bits per heavy atom. The van der Waals surface area contributed by atoms with Gasteiger partial charge < -0.3 is 10.1 Å².